The minimum Gasteiger partial charge on any atom is -0.507 e. The fourth-order valence-electron chi connectivity index (χ4n) is 3.69. The molecule has 1 aliphatic heterocycles. The Morgan fingerprint density at radius 2 is 1.78 bits per heavy atom. The Labute approximate surface area is 193 Å². The van der Waals surface area contributed by atoms with E-state index in [9.17, 15) is 19.1 Å². The van der Waals surface area contributed by atoms with E-state index in [0.717, 1.165) is 4.90 Å². The Hall–Kier alpha value is -3.35. The second-order valence-corrected chi connectivity index (χ2v) is 7.86. The van der Waals surface area contributed by atoms with Crippen molar-refractivity contribution in [2.45, 2.75) is 6.04 Å². The lowest BCUT2D eigenvalue weighted by atomic mass is 9.94. The van der Waals surface area contributed by atoms with E-state index in [1.807, 2.05) is 0 Å². The van der Waals surface area contributed by atoms with Crippen LogP contribution in [0.2, 0.25) is 10.0 Å². The molecule has 0 aromatic heterocycles. The molecule has 1 saturated heterocycles. The number of methoxy groups -OCH3 is 1. The summed E-state index contributed by atoms with van der Waals surface area (Å²) in [7, 11) is 1.44. The number of hydrogen-bond donors (Lipinski definition) is 1. The minimum absolute atomic E-state index is 0.0489. The molecular formula is C24H16Cl2FNO4. The van der Waals surface area contributed by atoms with Gasteiger partial charge >= 0.3 is 0 Å². The number of rotatable bonds is 4. The summed E-state index contributed by atoms with van der Waals surface area (Å²) in [4.78, 5) is 27.2. The van der Waals surface area contributed by atoms with Gasteiger partial charge in [-0.05, 0) is 42.5 Å². The predicted molar refractivity (Wildman–Crippen MR) is 121 cm³/mol. The van der Waals surface area contributed by atoms with Crippen LogP contribution >= 0.6 is 23.2 Å². The molecule has 1 fully saturated rings. The molecule has 5 nitrogen and oxygen atoms in total. The van der Waals surface area contributed by atoms with Gasteiger partial charge in [0.05, 0.1) is 23.7 Å². The van der Waals surface area contributed by atoms with Gasteiger partial charge in [-0.3, -0.25) is 14.5 Å². The van der Waals surface area contributed by atoms with Crippen molar-refractivity contribution < 1.29 is 23.8 Å². The zero-order chi connectivity index (χ0) is 23.0. The monoisotopic (exact) mass is 471 g/mol. The summed E-state index contributed by atoms with van der Waals surface area (Å²) in [6, 6.07) is 15.2. The van der Waals surface area contributed by atoms with E-state index in [2.05, 4.69) is 0 Å². The summed E-state index contributed by atoms with van der Waals surface area (Å²) in [6.07, 6.45) is 0. The molecule has 1 heterocycles. The van der Waals surface area contributed by atoms with Crippen LogP contribution in [0.5, 0.6) is 5.75 Å². The van der Waals surface area contributed by atoms with Gasteiger partial charge < -0.3 is 9.84 Å². The summed E-state index contributed by atoms with van der Waals surface area (Å²) in [6.45, 7) is 0. The van der Waals surface area contributed by atoms with Crippen LogP contribution in [-0.4, -0.2) is 23.9 Å². The van der Waals surface area contributed by atoms with Gasteiger partial charge in [-0.25, -0.2) is 4.39 Å². The molecule has 0 radical (unpaired) electrons. The number of carbonyl (C=O) groups is 2. The molecule has 162 valence electrons. The van der Waals surface area contributed by atoms with E-state index in [1.165, 1.54) is 49.6 Å². The third-order valence-corrected chi connectivity index (χ3v) is 5.69. The second-order valence-electron chi connectivity index (χ2n) is 7.02. The lowest BCUT2D eigenvalue weighted by Gasteiger charge is -2.26. The van der Waals surface area contributed by atoms with E-state index in [1.54, 1.807) is 24.3 Å². The van der Waals surface area contributed by atoms with Crippen molar-refractivity contribution in [2.24, 2.45) is 0 Å². The number of nitrogens with zero attached hydrogens (tertiary/aromatic N) is 1. The number of carbonyl (C=O) groups excluding carboxylic acids is 2. The van der Waals surface area contributed by atoms with Crippen LogP contribution in [0.3, 0.4) is 0 Å². The van der Waals surface area contributed by atoms with Gasteiger partial charge in [0.25, 0.3) is 11.7 Å². The van der Waals surface area contributed by atoms with E-state index in [0.29, 0.717) is 16.5 Å². The highest BCUT2D eigenvalue weighted by Gasteiger charge is 2.47. The van der Waals surface area contributed by atoms with Crippen LogP contribution in [0.15, 0.2) is 72.3 Å². The number of ether oxygens (including phenoxy) is 1. The van der Waals surface area contributed by atoms with Crippen LogP contribution in [0.4, 0.5) is 10.1 Å². The zero-order valence-corrected chi connectivity index (χ0v) is 18.2. The number of benzene rings is 3. The Bertz CT molecular complexity index is 1270. The molecule has 3 aromatic carbocycles. The highest BCUT2D eigenvalue weighted by Crippen LogP contribution is 2.43. The molecule has 0 bridgehead atoms. The Kier molecular flexibility index (Phi) is 5.91. The van der Waals surface area contributed by atoms with Crippen LogP contribution in [0, 0.1) is 5.82 Å². The first-order valence-electron chi connectivity index (χ1n) is 9.48. The maximum absolute atomic E-state index is 14.8. The Morgan fingerprint density at radius 3 is 2.44 bits per heavy atom. The van der Waals surface area contributed by atoms with Crippen molar-refractivity contribution in [3.8, 4) is 5.75 Å². The molecule has 0 aliphatic carbocycles. The van der Waals surface area contributed by atoms with Crippen molar-refractivity contribution >= 4 is 46.3 Å². The first kappa shape index (κ1) is 21.9. The zero-order valence-electron chi connectivity index (χ0n) is 16.7. The first-order valence-corrected chi connectivity index (χ1v) is 10.2. The smallest absolute Gasteiger partial charge is 0.300 e. The van der Waals surface area contributed by atoms with Gasteiger partial charge in [0, 0.05) is 21.8 Å². The van der Waals surface area contributed by atoms with Crippen molar-refractivity contribution in [2.75, 3.05) is 12.0 Å². The summed E-state index contributed by atoms with van der Waals surface area (Å²) in [5.74, 6) is -2.62. The number of Topliss-reactive ketones (excluding diaryl/α,β-unsaturated/α-hetero) is 1. The average Bonchev–Trinajstić information content (AvgIpc) is 3.04. The highest BCUT2D eigenvalue weighted by atomic mass is 35.5. The van der Waals surface area contributed by atoms with Gasteiger partial charge in [-0.2, -0.15) is 0 Å². The lowest BCUT2D eigenvalue weighted by Crippen LogP contribution is -2.29. The lowest BCUT2D eigenvalue weighted by molar-refractivity contribution is -0.132. The quantitative estimate of drug-likeness (QED) is 0.298. The van der Waals surface area contributed by atoms with Crippen LogP contribution in [0.1, 0.15) is 17.2 Å². The number of ketones is 1. The number of halogens is 3. The molecule has 1 unspecified atom stereocenters. The first-order chi connectivity index (χ1) is 15.3. The second kappa shape index (κ2) is 8.65. The van der Waals surface area contributed by atoms with Crippen molar-refractivity contribution in [1.82, 2.24) is 0 Å². The van der Waals surface area contributed by atoms with Crippen molar-refractivity contribution in [1.29, 1.82) is 0 Å². The number of hydrogen-bond acceptors (Lipinski definition) is 4. The third-order valence-electron chi connectivity index (χ3n) is 5.16. The average molecular weight is 472 g/mol. The Balaban J connectivity index is 1.97. The summed E-state index contributed by atoms with van der Waals surface area (Å²) < 4.78 is 20.0. The van der Waals surface area contributed by atoms with Crippen LogP contribution in [0.25, 0.3) is 5.76 Å². The molecule has 3 aromatic rings. The molecule has 0 saturated carbocycles. The van der Waals surface area contributed by atoms with Crippen molar-refractivity contribution in [3.63, 3.8) is 0 Å². The van der Waals surface area contributed by atoms with Gasteiger partial charge in [0.1, 0.15) is 17.3 Å². The normalized spacial score (nSPS) is 17.6. The number of anilines is 1. The standard InChI is InChI=1S/C24H16Cl2FNO4/c1-32-19-10-9-13(11-17(19)26)22(29)20-21(16-7-2-3-8-18(16)27)28(24(31)23(20)30)15-6-4-5-14(25)12-15/h2-12,21,29H,1H3/b22-20+. The van der Waals surface area contributed by atoms with E-state index < -0.39 is 29.3 Å². The summed E-state index contributed by atoms with van der Waals surface area (Å²) in [5.41, 5.74) is 0.259. The maximum Gasteiger partial charge on any atom is 0.300 e. The maximum atomic E-state index is 14.8. The van der Waals surface area contributed by atoms with Gasteiger partial charge in [0.15, 0.2) is 0 Å². The van der Waals surface area contributed by atoms with Gasteiger partial charge in [-0.15, -0.1) is 0 Å². The van der Waals surface area contributed by atoms with Gasteiger partial charge in [-0.1, -0.05) is 47.5 Å². The molecule has 1 amide bonds. The molecule has 4 rings (SSSR count). The summed E-state index contributed by atoms with van der Waals surface area (Å²) in [5, 5.41) is 11.6. The topological polar surface area (TPSA) is 66.8 Å². The van der Waals surface area contributed by atoms with Gasteiger partial charge in [0.2, 0.25) is 0 Å². The fraction of sp³-hybridized carbons (Fsp3) is 0.0833. The summed E-state index contributed by atoms with van der Waals surface area (Å²) >= 11 is 12.3. The van der Waals surface area contributed by atoms with Crippen LogP contribution in [-0.2, 0) is 9.59 Å². The molecule has 1 N–H and O–H groups in total. The molecule has 8 heteroatoms. The SMILES string of the molecule is COc1ccc(/C(O)=C2\C(=O)C(=O)N(c3cccc(Cl)c3)C2c2ccccc2F)cc1Cl. The number of aliphatic hydroxyl groups is 1. The van der Waals surface area contributed by atoms with E-state index >= 15 is 0 Å². The Morgan fingerprint density at radius 1 is 1.03 bits per heavy atom. The molecule has 1 atom stereocenters. The predicted octanol–water partition coefficient (Wildman–Crippen LogP) is 5.77. The molecule has 1 aliphatic rings. The molecule has 0 spiro atoms. The van der Waals surface area contributed by atoms with Crippen LogP contribution < -0.4 is 9.64 Å². The fourth-order valence-corrected chi connectivity index (χ4v) is 4.13. The van der Waals surface area contributed by atoms with E-state index in [4.69, 9.17) is 27.9 Å². The minimum atomic E-state index is -1.21. The van der Waals surface area contributed by atoms with Crippen molar-refractivity contribution in [3.05, 3.63) is 99.3 Å². The van der Waals surface area contributed by atoms with E-state index in [-0.39, 0.29) is 21.7 Å². The number of amides is 1. The number of aliphatic hydroxyl groups excluding tert-OH is 1. The highest BCUT2D eigenvalue weighted by molar-refractivity contribution is 6.52. The third kappa shape index (κ3) is 3.72. The largest absolute Gasteiger partial charge is 0.507 e. The molecular weight excluding hydrogens is 456 g/mol. The molecule has 32 heavy (non-hydrogen) atoms.